The van der Waals surface area contributed by atoms with Gasteiger partial charge in [0.2, 0.25) is 5.12 Å². The zero-order valence-corrected chi connectivity index (χ0v) is 14.7. The molecule has 0 heterocycles. The third-order valence-electron chi connectivity index (χ3n) is 3.33. The second kappa shape index (κ2) is 13.6. The Labute approximate surface area is 129 Å². The molecule has 0 aliphatic rings. The topological polar surface area (TPSA) is 18.5 Å². The van der Waals surface area contributed by atoms with E-state index in [2.05, 4.69) is 19.6 Å². The van der Waals surface area contributed by atoms with E-state index in [1.54, 1.807) is 26.0 Å². The molecular formula is C15H32O2S2. The highest BCUT2D eigenvalue weighted by Crippen LogP contribution is 2.33. The molecule has 0 saturated heterocycles. The summed E-state index contributed by atoms with van der Waals surface area (Å²) < 4.78 is 11.2. The van der Waals surface area contributed by atoms with Gasteiger partial charge in [-0.15, -0.1) is 0 Å². The van der Waals surface area contributed by atoms with E-state index in [-0.39, 0.29) is 0 Å². The van der Waals surface area contributed by atoms with Gasteiger partial charge in [0.25, 0.3) is 0 Å². The third-order valence-corrected chi connectivity index (χ3v) is 5.12. The Kier molecular flexibility index (Phi) is 14.0. The average Bonchev–Trinajstić information content (AvgIpc) is 2.45. The first kappa shape index (κ1) is 19.6. The van der Waals surface area contributed by atoms with Crippen molar-refractivity contribution in [3.05, 3.63) is 0 Å². The Balaban J connectivity index is 3.74. The van der Waals surface area contributed by atoms with E-state index in [0.717, 1.165) is 24.3 Å². The fourth-order valence-corrected chi connectivity index (χ4v) is 3.56. The van der Waals surface area contributed by atoms with E-state index in [9.17, 15) is 0 Å². The van der Waals surface area contributed by atoms with Crippen molar-refractivity contribution in [2.75, 3.05) is 25.7 Å². The van der Waals surface area contributed by atoms with E-state index in [1.807, 2.05) is 0 Å². The lowest BCUT2D eigenvalue weighted by Crippen LogP contribution is -2.30. The van der Waals surface area contributed by atoms with Gasteiger partial charge in [-0.25, -0.2) is 0 Å². The summed E-state index contributed by atoms with van der Waals surface area (Å²) in [7, 11) is 3.50. The first-order chi connectivity index (χ1) is 9.24. The number of methoxy groups -OCH3 is 2. The molecule has 0 N–H and O–H groups in total. The number of thiol groups is 1. The van der Waals surface area contributed by atoms with E-state index in [0.29, 0.717) is 0 Å². The second-order valence-electron chi connectivity index (χ2n) is 4.89. The van der Waals surface area contributed by atoms with Gasteiger partial charge in [-0.05, 0) is 24.3 Å². The molecule has 0 spiro atoms. The Morgan fingerprint density at radius 2 is 1.47 bits per heavy atom. The quantitative estimate of drug-likeness (QED) is 0.273. The van der Waals surface area contributed by atoms with E-state index >= 15 is 0 Å². The summed E-state index contributed by atoms with van der Waals surface area (Å²) in [6.45, 7) is 2.26. The van der Waals surface area contributed by atoms with Gasteiger partial charge in [0.15, 0.2) is 0 Å². The molecule has 0 amide bonds. The summed E-state index contributed by atoms with van der Waals surface area (Å²) in [4.78, 5) is 0. The molecule has 0 atom stereocenters. The molecule has 0 aliphatic heterocycles. The average molecular weight is 309 g/mol. The van der Waals surface area contributed by atoms with Crippen molar-refractivity contribution in [3.63, 3.8) is 0 Å². The minimum Gasteiger partial charge on any atom is -0.345 e. The van der Waals surface area contributed by atoms with Gasteiger partial charge in [0.1, 0.15) is 0 Å². The van der Waals surface area contributed by atoms with E-state index < -0.39 is 5.12 Å². The molecule has 2 nitrogen and oxygen atoms in total. The largest absolute Gasteiger partial charge is 0.345 e. The smallest absolute Gasteiger partial charge is 0.217 e. The molecule has 0 aromatic heterocycles. The zero-order valence-electron chi connectivity index (χ0n) is 13.0. The van der Waals surface area contributed by atoms with Gasteiger partial charge in [-0.3, -0.25) is 0 Å². The molecular weight excluding hydrogens is 276 g/mol. The Bertz CT molecular complexity index is 185. The highest BCUT2D eigenvalue weighted by Gasteiger charge is 2.29. The Morgan fingerprint density at radius 3 is 2.00 bits per heavy atom. The molecule has 0 rings (SSSR count). The molecule has 4 heteroatoms. The highest BCUT2D eigenvalue weighted by molar-refractivity contribution is 8.00. The highest BCUT2D eigenvalue weighted by atomic mass is 32.2. The van der Waals surface area contributed by atoms with Crippen molar-refractivity contribution in [1.82, 2.24) is 0 Å². The Morgan fingerprint density at radius 1 is 0.895 bits per heavy atom. The molecule has 0 bridgehead atoms. The molecule has 0 aliphatic carbocycles. The van der Waals surface area contributed by atoms with Gasteiger partial charge < -0.3 is 9.47 Å². The maximum absolute atomic E-state index is 5.59. The van der Waals surface area contributed by atoms with Crippen LogP contribution in [0.5, 0.6) is 0 Å². The maximum Gasteiger partial charge on any atom is 0.217 e. The maximum atomic E-state index is 5.59. The molecule has 0 saturated carbocycles. The van der Waals surface area contributed by atoms with Gasteiger partial charge in [0.05, 0.1) is 0 Å². The number of thioether (sulfide) groups is 1. The molecule has 0 aromatic carbocycles. The summed E-state index contributed by atoms with van der Waals surface area (Å²) in [5.74, 6) is 1.97. The standard InChI is InChI=1S/C15H32O2S2/c1-4-5-6-7-8-9-10-12-15(16-2,17-3)19-14-11-13-18/h18H,4-14H2,1-3H3. The second-order valence-corrected chi connectivity index (χ2v) is 6.65. The lowest BCUT2D eigenvalue weighted by molar-refractivity contribution is -0.138. The van der Waals surface area contributed by atoms with Crippen molar-refractivity contribution >= 4 is 24.4 Å². The van der Waals surface area contributed by atoms with Crippen LogP contribution in [-0.2, 0) is 9.47 Å². The summed E-state index contributed by atoms with van der Waals surface area (Å²) in [6, 6.07) is 0. The first-order valence-electron chi connectivity index (χ1n) is 7.59. The van der Waals surface area contributed by atoms with Crippen molar-refractivity contribution in [1.29, 1.82) is 0 Å². The van der Waals surface area contributed by atoms with Crippen LogP contribution in [0.4, 0.5) is 0 Å². The van der Waals surface area contributed by atoms with Crippen LogP contribution in [0.1, 0.15) is 64.7 Å². The molecule has 116 valence electrons. The summed E-state index contributed by atoms with van der Waals surface area (Å²) in [5, 5.41) is -0.438. The monoisotopic (exact) mass is 308 g/mol. The number of ether oxygens (including phenoxy) is 2. The van der Waals surface area contributed by atoms with Crippen LogP contribution in [0, 0.1) is 0 Å². The number of rotatable bonds is 14. The third kappa shape index (κ3) is 10.1. The van der Waals surface area contributed by atoms with Crippen LogP contribution in [-0.4, -0.2) is 30.8 Å². The predicted octanol–water partition coefficient (Wildman–Crippen LogP) is 5.13. The fourth-order valence-electron chi connectivity index (χ4n) is 2.07. The molecule has 0 aromatic rings. The minimum atomic E-state index is -0.438. The predicted molar refractivity (Wildman–Crippen MR) is 90.3 cm³/mol. The van der Waals surface area contributed by atoms with Crippen LogP contribution < -0.4 is 0 Å². The van der Waals surface area contributed by atoms with Crippen molar-refractivity contribution in [3.8, 4) is 0 Å². The molecule has 0 radical (unpaired) electrons. The van der Waals surface area contributed by atoms with Gasteiger partial charge in [-0.1, -0.05) is 57.2 Å². The van der Waals surface area contributed by atoms with Crippen molar-refractivity contribution in [2.45, 2.75) is 69.8 Å². The number of hydrogen-bond donors (Lipinski definition) is 1. The molecule has 19 heavy (non-hydrogen) atoms. The lowest BCUT2D eigenvalue weighted by atomic mass is 10.1. The fraction of sp³-hybridized carbons (Fsp3) is 1.00. The number of hydrogen-bond acceptors (Lipinski definition) is 4. The normalized spacial score (nSPS) is 12.0. The van der Waals surface area contributed by atoms with Crippen LogP contribution >= 0.6 is 24.4 Å². The summed E-state index contributed by atoms with van der Waals surface area (Å²) >= 11 is 6.01. The summed E-state index contributed by atoms with van der Waals surface area (Å²) in [6.07, 6.45) is 11.3. The van der Waals surface area contributed by atoms with Crippen LogP contribution in [0.25, 0.3) is 0 Å². The van der Waals surface area contributed by atoms with Crippen LogP contribution in [0.3, 0.4) is 0 Å². The Hall–Kier alpha value is 0.620. The van der Waals surface area contributed by atoms with Crippen LogP contribution in [0.15, 0.2) is 0 Å². The molecule has 0 fully saturated rings. The van der Waals surface area contributed by atoms with Gasteiger partial charge in [0, 0.05) is 20.6 Å². The van der Waals surface area contributed by atoms with Gasteiger partial charge >= 0.3 is 0 Å². The van der Waals surface area contributed by atoms with Crippen molar-refractivity contribution < 1.29 is 9.47 Å². The lowest BCUT2D eigenvalue weighted by Gasteiger charge is -2.30. The minimum absolute atomic E-state index is 0.438. The van der Waals surface area contributed by atoms with Crippen molar-refractivity contribution in [2.24, 2.45) is 0 Å². The SMILES string of the molecule is CCCCCCCCCC(OC)(OC)SCCCS. The number of unbranched alkanes of at least 4 members (excludes halogenated alkanes) is 6. The van der Waals surface area contributed by atoms with Gasteiger partial charge in [-0.2, -0.15) is 12.6 Å². The van der Waals surface area contributed by atoms with E-state index in [1.165, 1.54) is 44.9 Å². The van der Waals surface area contributed by atoms with E-state index in [4.69, 9.17) is 9.47 Å². The van der Waals surface area contributed by atoms with Crippen LogP contribution in [0.2, 0.25) is 0 Å². The first-order valence-corrected chi connectivity index (χ1v) is 9.21. The summed E-state index contributed by atoms with van der Waals surface area (Å²) in [5.41, 5.74) is 0. The zero-order chi connectivity index (χ0) is 14.4. The molecule has 0 unspecified atom stereocenters.